The fourth-order valence-corrected chi connectivity index (χ4v) is 8.13. The van der Waals surface area contributed by atoms with Crippen molar-refractivity contribution in [2.75, 3.05) is 12.4 Å². The molecule has 3 spiro atoms. The number of benzene rings is 1. The van der Waals surface area contributed by atoms with Gasteiger partial charge in [0, 0.05) is 28.5 Å². The van der Waals surface area contributed by atoms with Gasteiger partial charge in [0.05, 0.1) is 18.6 Å². The summed E-state index contributed by atoms with van der Waals surface area (Å²) < 4.78 is 5.30. The predicted octanol–water partition coefficient (Wildman–Crippen LogP) is 2.81. The first-order valence-electron chi connectivity index (χ1n) is 9.51. The van der Waals surface area contributed by atoms with Crippen LogP contribution in [0.25, 0.3) is 0 Å². The third-order valence-electron chi connectivity index (χ3n) is 8.64. The third-order valence-corrected chi connectivity index (χ3v) is 8.64. The number of rotatable bonds is 1. The fraction of sp³-hybridized carbons (Fsp3) is 0.571. The summed E-state index contributed by atoms with van der Waals surface area (Å²) in [5.41, 5.74) is 2.56. The summed E-state index contributed by atoms with van der Waals surface area (Å²) in [7, 11) is 1.54. The molecule has 0 amide bonds. The van der Waals surface area contributed by atoms with Crippen LogP contribution in [-0.4, -0.2) is 24.7 Å². The molecule has 1 aromatic rings. The smallest absolute Gasteiger partial charge is 0.311 e. The second-order valence-corrected chi connectivity index (χ2v) is 8.75. The van der Waals surface area contributed by atoms with Crippen molar-refractivity contribution in [1.82, 2.24) is 5.32 Å². The molecule has 0 unspecified atom stereocenters. The van der Waals surface area contributed by atoms with Crippen molar-refractivity contribution in [3.63, 3.8) is 0 Å². The Hall–Kier alpha value is -1.97. The number of carbonyl (C=O) groups is 1. The monoisotopic (exact) mass is 336 g/mol. The largest absolute Gasteiger partial charge is 0.469 e. The normalized spacial score (nSPS) is 49.8. The van der Waals surface area contributed by atoms with Gasteiger partial charge in [0.15, 0.2) is 0 Å². The van der Waals surface area contributed by atoms with Gasteiger partial charge in [-0.15, -0.1) is 0 Å². The summed E-state index contributed by atoms with van der Waals surface area (Å²) in [5.74, 6) is 0.828. The predicted molar refractivity (Wildman–Crippen MR) is 95.0 cm³/mol. The number of methoxy groups -OCH3 is 1. The molecule has 3 aliphatic carbocycles. The molecule has 5 aliphatic rings. The molecule has 3 fully saturated rings. The Labute approximate surface area is 148 Å². The Morgan fingerprint density at radius 3 is 3.00 bits per heavy atom. The lowest BCUT2D eigenvalue weighted by Crippen LogP contribution is -2.61. The average molecular weight is 336 g/mol. The number of hydrogen-bond acceptors (Lipinski definition) is 4. The molecule has 2 bridgehead atoms. The molecule has 2 N–H and O–H groups in total. The quantitative estimate of drug-likeness (QED) is 0.775. The zero-order valence-electron chi connectivity index (χ0n) is 14.7. The van der Waals surface area contributed by atoms with Crippen LogP contribution in [0.2, 0.25) is 0 Å². The highest BCUT2D eigenvalue weighted by atomic mass is 16.5. The lowest BCUT2D eigenvalue weighted by molar-refractivity contribution is -0.149. The highest BCUT2D eigenvalue weighted by molar-refractivity contribution is 5.82. The maximum atomic E-state index is 12.9. The Bertz CT molecular complexity index is 835. The van der Waals surface area contributed by atoms with Gasteiger partial charge in [-0.05, 0) is 43.0 Å². The van der Waals surface area contributed by atoms with Crippen molar-refractivity contribution in [3.05, 3.63) is 42.1 Å². The second-order valence-electron chi connectivity index (χ2n) is 8.75. The topological polar surface area (TPSA) is 50.4 Å². The van der Waals surface area contributed by atoms with Crippen molar-refractivity contribution < 1.29 is 9.53 Å². The first-order valence-corrected chi connectivity index (χ1v) is 9.51. The molecule has 130 valence electrons. The lowest BCUT2D eigenvalue weighted by atomic mass is 9.55. The number of para-hydroxylation sites is 1. The molecule has 1 aromatic carbocycles. The number of ether oxygens (including phenoxy) is 1. The van der Waals surface area contributed by atoms with Crippen LogP contribution < -0.4 is 10.6 Å². The number of fused-ring (bicyclic) bond motifs is 1. The molecule has 4 heteroatoms. The van der Waals surface area contributed by atoms with E-state index in [1.54, 1.807) is 0 Å². The zero-order valence-corrected chi connectivity index (χ0v) is 14.7. The summed E-state index contributed by atoms with van der Waals surface area (Å²) in [5, 5.41) is 7.57. The van der Waals surface area contributed by atoms with E-state index in [1.165, 1.54) is 24.8 Å². The maximum absolute atomic E-state index is 12.9. The Morgan fingerprint density at radius 2 is 2.16 bits per heavy atom. The van der Waals surface area contributed by atoms with Crippen molar-refractivity contribution in [2.45, 2.75) is 43.2 Å². The summed E-state index contributed by atoms with van der Waals surface area (Å²) in [6.45, 7) is 2.37. The van der Waals surface area contributed by atoms with E-state index >= 15 is 0 Å². The molecule has 3 saturated carbocycles. The van der Waals surface area contributed by atoms with Crippen LogP contribution in [0.3, 0.4) is 0 Å². The zero-order chi connectivity index (χ0) is 17.0. The van der Waals surface area contributed by atoms with Crippen LogP contribution in [0.15, 0.2) is 36.5 Å². The van der Waals surface area contributed by atoms with E-state index < -0.39 is 0 Å². The standard InChI is InChI=1S/C21H24N2O2/c1-12-19-9-10-22-16-7-8-20(17(16)19)13-5-3-4-6-15(13)23-21(12,20)14(11-19)18(24)25-2/h3-6,9-10,12,14,16-17,22-23H,7-8,11H2,1-2H3/t12-,14-,16+,17+,19-,20+,21+/m0/s1. The van der Waals surface area contributed by atoms with Crippen LogP contribution in [-0.2, 0) is 14.9 Å². The maximum Gasteiger partial charge on any atom is 0.311 e. The van der Waals surface area contributed by atoms with E-state index in [0.717, 1.165) is 12.8 Å². The SMILES string of the molecule is COC(=O)[C@@H]1C[C@@]23C=CN[C@@H]4CC[C@@]5(c6ccccc6N[C@]15[C@H]2C)[C@H]43. The first-order chi connectivity index (χ1) is 12.1. The number of esters is 1. The minimum Gasteiger partial charge on any atom is -0.469 e. The third kappa shape index (κ3) is 1.17. The van der Waals surface area contributed by atoms with Gasteiger partial charge in [0.2, 0.25) is 0 Å². The van der Waals surface area contributed by atoms with Gasteiger partial charge >= 0.3 is 5.97 Å². The van der Waals surface area contributed by atoms with Gasteiger partial charge in [-0.3, -0.25) is 4.79 Å². The molecular formula is C21H24N2O2. The molecule has 25 heavy (non-hydrogen) atoms. The molecule has 2 aliphatic heterocycles. The molecule has 0 saturated heterocycles. The van der Waals surface area contributed by atoms with Crippen LogP contribution in [0.1, 0.15) is 31.7 Å². The van der Waals surface area contributed by atoms with Gasteiger partial charge in [-0.1, -0.05) is 31.2 Å². The Kier molecular flexibility index (Phi) is 2.31. The van der Waals surface area contributed by atoms with E-state index in [-0.39, 0.29) is 28.3 Å². The highest BCUT2D eigenvalue weighted by Crippen LogP contribution is 2.81. The van der Waals surface area contributed by atoms with Gasteiger partial charge in [0.1, 0.15) is 0 Å². The number of carbonyl (C=O) groups excluding carboxylic acids is 1. The minimum atomic E-state index is -0.223. The van der Waals surface area contributed by atoms with E-state index in [0.29, 0.717) is 17.9 Å². The Morgan fingerprint density at radius 1 is 1.32 bits per heavy atom. The summed E-state index contributed by atoms with van der Waals surface area (Å²) in [6, 6.07) is 9.27. The summed E-state index contributed by atoms with van der Waals surface area (Å²) in [6.07, 6.45) is 7.77. The molecule has 6 rings (SSSR count). The van der Waals surface area contributed by atoms with Gasteiger partial charge in [-0.2, -0.15) is 0 Å². The lowest BCUT2D eigenvalue weighted by Gasteiger charge is -2.50. The highest BCUT2D eigenvalue weighted by Gasteiger charge is 2.85. The first kappa shape index (κ1) is 14.2. The molecule has 0 aromatic heterocycles. The van der Waals surface area contributed by atoms with Gasteiger partial charge in [0.25, 0.3) is 0 Å². The summed E-state index contributed by atoms with van der Waals surface area (Å²) >= 11 is 0. The number of hydrogen-bond donors (Lipinski definition) is 2. The van der Waals surface area contributed by atoms with Gasteiger partial charge < -0.3 is 15.4 Å². The average Bonchev–Trinajstić information content (AvgIpc) is 3.29. The number of anilines is 1. The molecule has 0 radical (unpaired) electrons. The summed E-state index contributed by atoms with van der Waals surface area (Å²) in [4.78, 5) is 12.9. The number of nitrogens with one attached hydrogen (secondary N) is 2. The Balaban J connectivity index is 1.69. The van der Waals surface area contributed by atoms with Crippen LogP contribution in [0.5, 0.6) is 0 Å². The van der Waals surface area contributed by atoms with Crippen molar-refractivity contribution in [3.8, 4) is 0 Å². The molecule has 4 nitrogen and oxygen atoms in total. The van der Waals surface area contributed by atoms with E-state index in [4.69, 9.17) is 4.74 Å². The number of allylic oxidation sites excluding steroid dienone is 1. The van der Waals surface area contributed by atoms with Crippen molar-refractivity contribution in [1.29, 1.82) is 0 Å². The fourth-order valence-electron chi connectivity index (χ4n) is 8.13. The van der Waals surface area contributed by atoms with E-state index in [2.05, 4.69) is 54.1 Å². The molecule has 7 atom stereocenters. The van der Waals surface area contributed by atoms with Crippen LogP contribution >= 0.6 is 0 Å². The van der Waals surface area contributed by atoms with Crippen molar-refractivity contribution >= 4 is 11.7 Å². The van der Waals surface area contributed by atoms with Gasteiger partial charge in [-0.25, -0.2) is 0 Å². The minimum absolute atomic E-state index is 0.0303. The van der Waals surface area contributed by atoms with E-state index in [9.17, 15) is 4.79 Å². The van der Waals surface area contributed by atoms with Crippen LogP contribution in [0, 0.1) is 23.2 Å². The second kappa shape index (κ2) is 4.05. The van der Waals surface area contributed by atoms with Crippen molar-refractivity contribution in [2.24, 2.45) is 23.2 Å². The molecule has 2 heterocycles. The van der Waals surface area contributed by atoms with E-state index in [1.807, 2.05) is 0 Å². The molecular weight excluding hydrogens is 312 g/mol. The van der Waals surface area contributed by atoms with Crippen LogP contribution in [0.4, 0.5) is 5.69 Å².